The van der Waals surface area contributed by atoms with Crippen molar-refractivity contribution in [3.05, 3.63) is 52.3 Å². The molecular weight excluding hydrogens is 302 g/mol. The number of aryl methyl sites for hydroxylation is 1. The van der Waals surface area contributed by atoms with Crippen molar-refractivity contribution in [2.45, 2.75) is 47.0 Å². The van der Waals surface area contributed by atoms with Crippen LogP contribution in [0.4, 0.5) is 0 Å². The molecule has 1 heterocycles. The van der Waals surface area contributed by atoms with Gasteiger partial charge in [-0.1, -0.05) is 32.9 Å². The number of aromatic nitrogens is 1. The van der Waals surface area contributed by atoms with Crippen LogP contribution in [0.3, 0.4) is 0 Å². The predicted octanol–water partition coefficient (Wildman–Crippen LogP) is 4.39. The number of carbonyl (C=O) groups excluding carboxylic acids is 2. The number of carbonyl (C=O) groups is 2. The van der Waals surface area contributed by atoms with Crippen molar-refractivity contribution in [2.75, 3.05) is 6.61 Å². The first-order chi connectivity index (χ1) is 11.1. The number of hydrogen-bond acceptors (Lipinski definition) is 3. The number of ether oxygens (including phenoxy) is 1. The van der Waals surface area contributed by atoms with Gasteiger partial charge >= 0.3 is 0 Å². The van der Waals surface area contributed by atoms with E-state index in [2.05, 4.69) is 25.8 Å². The van der Waals surface area contributed by atoms with Gasteiger partial charge in [0.05, 0.1) is 5.69 Å². The molecule has 1 aromatic heterocycles. The fraction of sp³-hybridized carbons (Fsp3) is 0.400. The molecule has 0 unspecified atom stereocenters. The molecule has 2 rings (SSSR count). The molecule has 0 aliphatic rings. The Kier molecular flexibility index (Phi) is 4.97. The molecule has 4 nitrogen and oxygen atoms in total. The van der Waals surface area contributed by atoms with Crippen LogP contribution >= 0.6 is 0 Å². The molecule has 128 valence electrons. The first-order valence-electron chi connectivity index (χ1n) is 8.08. The molecule has 0 spiro atoms. The Hall–Kier alpha value is -2.36. The van der Waals surface area contributed by atoms with Gasteiger partial charge in [-0.05, 0) is 49.4 Å². The van der Waals surface area contributed by atoms with Crippen molar-refractivity contribution in [1.29, 1.82) is 0 Å². The van der Waals surface area contributed by atoms with Gasteiger partial charge in [0.1, 0.15) is 5.75 Å². The van der Waals surface area contributed by atoms with Gasteiger partial charge in [0.15, 0.2) is 12.4 Å². The highest BCUT2D eigenvalue weighted by atomic mass is 16.5. The highest BCUT2D eigenvalue weighted by Gasteiger charge is 2.20. The Bertz CT molecular complexity index is 761. The van der Waals surface area contributed by atoms with Crippen LogP contribution in [-0.2, 0) is 5.41 Å². The van der Waals surface area contributed by atoms with E-state index in [1.54, 1.807) is 13.8 Å². The van der Waals surface area contributed by atoms with Crippen LogP contribution in [0, 0.1) is 13.8 Å². The fourth-order valence-corrected chi connectivity index (χ4v) is 2.83. The quantitative estimate of drug-likeness (QED) is 0.828. The van der Waals surface area contributed by atoms with Crippen molar-refractivity contribution >= 4 is 11.6 Å². The third-order valence-electron chi connectivity index (χ3n) is 4.16. The lowest BCUT2D eigenvalue weighted by atomic mass is 9.87. The Morgan fingerprint density at radius 2 is 1.67 bits per heavy atom. The molecular formula is C20H25NO3. The minimum atomic E-state index is -0.164. The van der Waals surface area contributed by atoms with Crippen LogP contribution in [0.25, 0.3) is 0 Å². The van der Waals surface area contributed by atoms with Gasteiger partial charge in [0, 0.05) is 11.3 Å². The Balaban J connectivity index is 2.09. The van der Waals surface area contributed by atoms with Gasteiger partial charge in [0.25, 0.3) is 0 Å². The molecule has 4 heteroatoms. The lowest BCUT2D eigenvalue weighted by Gasteiger charge is -2.19. The summed E-state index contributed by atoms with van der Waals surface area (Å²) >= 11 is 0. The predicted molar refractivity (Wildman–Crippen MR) is 95.2 cm³/mol. The summed E-state index contributed by atoms with van der Waals surface area (Å²) in [5, 5.41) is 0. The van der Waals surface area contributed by atoms with E-state index in [4.69, 9.17) is 4.74 Å². The van der Waals surface area contributed by atoms with Crippen molar-refractivity contribution in [1.82, 2.24) is 4.98 Å². The third kappa shape index (κ3) is 3.75. The molecule has 2 aromatic rings. The first kappa shape index (κ1) is 18.0. The first-order valence-corrected chi connectivity index (χ1v) is 8.08. The number of ketones is 2. The van der Waals surface area contributed by atoms with E-state index in [0.29, 0.717) is 22.6 Å². The Morgan fingerprint density at radius 1 is 1.08 bits per heavy atom. The topological polar surface area (TPSA) is 59.2 Å². The SMILES string of the molecule is CC(=O)c1c(C)[nH]c(C(=O)COc2ccc(C(C)(C)C)cc2)c1C. The van der Waals surface area contributed by atoms with Gasteiger partial charge in [-0.2, -0.15) is 0 Å². The van der Waals surface area contributed by atoms with E-state index in [-0.39, 0.29) is 23.6 Å². The standard InChI is InChI=1S/C20H25NO3/c1-12-18(14(3)22)13(2)21-19(12)17(23)11-24-16-9-7-15(8-10-16)20(4,5)6/h7-10,21H,11H2,1-6H3. The lowest BCUT2D eigenvalue weighted by molar-refractivity contribution is 0.0916. The monoisotopic (exact) mass is 327 g/mol. The van der Waals surface area contributed by atoms with Gasteiger partial charge < -0.3 is 9.72 Å². The van der Waals surface area contributed by atoms with Gasteiger partial charge in [-0.25, -0.2) is 0 Å². The third-order valence-corrected chi connectivity index (χ3v) is 4.16. The maximum atomic E-state index is 12.4. The minimum Gasteiger partial charge on any atom is -0.485 e. The number of rotatable bonds is 5. The lowest BCUT2D eigenvalue weighted by Crippen LogP contribution is -2.14. The highest BCUT2D eigenvalue weighted by Crippen LogP contribution is 2.24. The van der Waals surface area contributed by atoms with Gasteiger partial charge in [0.2, 0.25) is 5.78 Å². The Morgan fingerprint density at radius 3 is 2.12 bits per heavy atom. The summed E-state index contributed by atoms with van der Waals surface area (Å²) in [4.78, 5) is 27.0. The highest BCUT2D eigenvalue weighted by molar-refractivity contribution is 6.03. The zero-order valence-corrected chi connectivity index (χ0v) is 15.2. The summed E-state index contributed by atoms with van der Waals surface area (Å²) in [6.07, 6.45) is 0. The maximum Gasteiger partial charge on any atom is 0.216 e. The zero-order valence-electron chi connectivity index (χ0n) is 15.2. The van der Waals surface area contributed by atoms with E-state index < -0.39 is 0 Å². The van der Waals surface area contributed by atoms with Gasteiger partial charge in [-0.3, -0.25) is 9.59 Å². The number of H-pyrrole nitrogens is 1. The van der Waals surface area contributed by atoms with Crippen molar-refractivity contribution in [3.63, 3.8) is 0 Å². The Labute approximate surface area is 143 Å². The molecule has 0 atom stereocenters. The average Bonchev–Trinajstić information content (AvgIpc) is 2.79. The number of nitrogens with one attached hydrogen (secondary N) is 1. The van der Waals surface area contributed by atoms with Crippen LogP contribution in [0.15, 0.2) is 24.3 Å². The summed E-state index contributed by atoms with van der Waals surface area (Å²) in [6, 6.07) is 7.78. The van der Waals surface area contributed by atoms with E-state index in [0.717, 1.165) is 5.69 Å². The number of hydrogen-bond donors (Lipinski definition) is 1. The summed E-state index contributed by atoms with van der Waals surface area (Å²) in [6.45, 7) is 11.5. The molecule has 0 saturated heterocycles. The van der Waals surface area contributed by atoms with Crippen molar-refractivity contribution < 1.29 is 14.3 Å². The van der Waals surface area contributed by atoms with Crippen LogP contribution in [-0.4, -0.2) is 23.2 Å². The summed E-state index contributed by atoms with van der Waals surface area (Å²) in [7, 11) is 0. The molecule has 0 aliphatic carbocycles. The van der Waals surface area contributed by atoms with E-state index in [1.807, 2.05) is 24.3 Å². The zero-order chi connectivity index (χ0) is 18.1. The molecule has 0 radical (unpaired) electrons. The van der Waals surface area contributed by atoms with Crippen molar-refractivity contribution in [2.24, 2.45) is 0 Å². The largest absolute Gasteiger partial charge is 0.485 e. The van der Waals surface area contributed by atoms with E-state index in [1.165, 1.54) is 12.5 Å². The number of aromatic amines is 1. The van der Waals surface area contributed by atoms with Crippen LogP contribution < -0.4 is 4.74 Å². The second-order valence-corrected chi connectivity index (χ2v) is 7.17. The molecule has 0 amide bonds. The smallest absolute Gasteiger partial charge is 0.216 e. The molecule has 0 aliphatic heterocycles. The normalized spacial score (nSPS) is 11.4. The molecule has 24 heavy (non-hydrogen) atoms. The molecule has 1 N–H and O–H groups in total. The number of benzene rings is 1. The van der Waals surface area contributed by atoms with E-state index in [9.17, 15) is 9.59 Å². The number of Topliss-reactive ketones (excluding diaryl/α,β-unsaturated/α-hetero) is 2. The molecule has 0 bridgehead atoms. The minimum absolute atomic E-state index is 0.0426. The van der Waals surface area contributed by atoms with Crippen LogP contribution in [0.5, 0.6) is 5.75 Å². The molecule has 0 fully saturated rings. The second kappa shape index (κ2) is 6.63. The summed E-state index contributed by atoms with van der Waals surface area (Å²) in [5.74, 6) is 0.450. The summed E-state index contributed by atoms with van der Waals surface area (Å²) < 4.78 is 5.60. The van der Waals surface area contributed by atoms with Crippen molar-refractivity contribution in [3.8, 4) is 5.75 Å². The maximum absolute atomic E-state index is 12.4. The molecule has 1 aromatic carbocycles. The van der Waals surface area contributed by atoms with Crippen LogP contribution in [0.2, 0.25) is 0 Å². The van der Waals surface area contributed by atoms with E-state index >= 15 is 0 Å². The van der Waals surface area contributed by atoms with Gasteiger partial charge in [-0.15, -0.1) is 0 Å². The second-order valence-electron chi connectivity index (χ2n) is 7.17. The summed E-state index contributed by atoms with van der Waals surface area (Å²) in [5.41, 5.74) is 3.74. The molecule has 0 saturated carbocycles. The average molecular weight is 327 g/mol. The fourth-order valence-electron chi connectivity index (χ4n) is 2.83. The van der Waals surface area contributed by atoms with Crippen LogP contribution in [0.1, 0.15) is 65.4 Å².